The van der Waals surface area contributed by atoms with Crippen LogP contribution in [0.5, 0.6) is 11.5 Å². The summed E-state index contributed by atoms with van der Waals surface area (Å²) in [6.45, 7) is 7.25. The molecule has 0 fully saturated rings. The van der Waals surface area contributed by atoms with Crippen LogP contribution in [0.2, 0.25) is 0 Å². The zero-order valence-electron chi connectivity index (χ0n) is 11.3. The van der Waals surface area contributed by atoms with Crippen LogP contribution in [0.15, 0.2) is 6.07 Å². The van der Waals surface area contributed by atoms with Gasteiger partial charge in [-0.1, -0.05) is 0 Å². The number of hydrogen-bond acceptors (Lipinski definition) is 4. The van der Waals surface area contributed by atoms with E-state index in [0.29, 0.717) is 25.6 Å². The van der Waals surface area contributed by atoms with Crippen LogP contribution in [0.1, 0.15) is 23.1 Å². The van der Waals surface area contributed by atoms with Gasteiger partial charge in [0.25, 0.3) is 0 Å². The summed E-state index contributed by atoms with van der Waals surface area (Å²) in [5.41, 5.74) is 2.65. The van der Waals surface area contributed by atoms with Gasteiger partial charge >= 0.3 is 0 Å². The van der Waals surface area contributed by atoms with Crippen molar-refractivity contribution in [1.82, 2.24) is 0 Å². The molecule has 4 nitrogen and oxygen atoms in total. The first-order valence-corrected chi connectivity index (χ1v) is 6.19. The third-order valence-electron chi connectivity index (χ3n) is 2.93. The lowest BCUT2D eigenvalue weighted by atomic mass is 10.0. The Morgan fingerprint density at radius 3 is 2.44 bits per heavy atom. The molecule has 0 saturated heterocycles. The van der Waals surface area contributed by atoms with Gasteiger partial charge in [-0.25, -0.2) is 0 Å². The van der Waals surface area contributed by atoms with E-state index in [1.54, 1.807) is 0 Å². The van der Waals surface area contributed by atoms with Crippen LogP contribution in [0, 0.1) is 20.8 Å². The molecule has 0 amide bonds. The minimum Gasteiger partial charge on any atom is -0.507 e. The van der Waals surface area contributed by atoms with Gasteiger partial charge in [-0.3, -0.25) is 0 Å². The molecule has 0 aliphatic rings. The minimum absolute atomic E-state index is 0.0519. The molecule has 0 aromatic heterocycles. The second-order valence-electron chi connectivity index (χ2n) is 4.33. The molecule has 0 atom stereocenters. The Labute approximate surface area is 108 Å². The maximum atomic E-state index is 9.78. The number of ether oxygens (including phenoxy) is 2. The molecule has 1 aromatic rings. The Balaban J connectivity index is 2.48. The van der Waals surface area contributed by atoms with Crippen LogP contribution in [-0.4, -0.2) is 36.6 Å². The normalized spacial score (nSPS) is 10.7. The van der Waals surface area contributed by atoms with Crippen molar-refractivity contribution in [1.29, 1.82) is 0 Å². The smallest absolute Gasteiger partial charge is 0.122 e. The lowest BCUT2D eigenvalue weighted by Gasteiger charge is -2.14. The number of rotatable bonds is 7. The number of aliphatic hydroxyl groups is 1. The van der Waals surface area contributed by atoms with Crippen molar-refractivity contribution in [3.8, 4) is 11.5 Å². The third-order valence-corrected chi connectivity index (χ3v) is 2.93. The number of aryl methyl sites for hydroxylation is 1. The van der Waals surface area contributed by atoms with Crippen LogP contribution in [0.25, 0.3) is 0 Å². The van der Waals surface area contributed by atoms with E-state index in [2.05, 4.69) is 0 Å². The van der Waals surface area contributed by atoms with E-state index in [1.165, 1.54) is 0 Å². The Bertz CT molecular complexity index is 388. The van der Waals surface area contributed by atoms with E-state index in [0.717, 1.165) is 28.9 Å². The fourth-order valence-electron chi connectivity index (χ4n) is 1.69. The first-order chi connectivity index (χ1) is 8.57. The monoisotopic (exact) mass is 254 g/mol. The zero-order valence-corrected chi connectivity index (χ0v) is 11.3. The van der Waals surface area contributed by atoms with Crippen molar-refractivity contribution in [3.63, 3.8) is 0 Å². The van der Waals surface area contributed by atoms with Crippen molar-refractivity contribution < 1.29 is 19.7 Å². The molecule has 0 saturated carbocycles. The predicted molar refractivity (Wildman–Crippen MR) is 70.3 cm³/mol. The average molecular weight is 254 g/mol. The Hall–Kier alpha value is -1.26. The highest BCUT2D eigenvalue weighted by molar-refractivity contribution is 5.51. The number of phenols is 1. The molecule has 0 unspecified atom stereocenters. The number of aromatic hydroxyl groups is 1. The maximum Gasteiger partial charge on any atom is 0.122 e. The molecule has 2 N–H and O–H groups in total. The summed E-state index contributed by atoms with van der Waals surface area (Å²) in [5, 5.41) is 18.3. The molecule has 18 heavy (non-hydrogen) atoms. The van der Waals surface area contributed by atoms with E-state index < -0.39 is 0 Å². The SMILES string of the molecule is Cc1cc(OCCCOCCO)c(C)c(C)c1O. The molecule has 102 valence electrons. The van der Waals surface area contributed by atoms with Crippen molar-refractivity contribution in [2.45, 2.75) is 27.2 Å². The van der Waals surface area contributed by atoms with Crippen LogP contribution < -0.4 is 4.74 Å². The summed E-state index contributed by atoms with van der Waals surface area (Å²) in [7, 11) is 0. The lowest BCUT2D eigenvalue weighted by molar-refractivity contribution is 0.0835. The fourth-order valence-corrected chi connectivity index (χ4v) is 1.69. The van der Waals surface area contributed by atoms with Gasteiger partial charge in [-0.15, -0.1) is 0 Å². The van der Waals surface area contributed by atoms with Gasteiger partial charge in [0.15, 0.2) is 0 Å². The highest BCUT2D eigenvalue weighted by Gasteiger charge is 2.09. The van der Waals surface area contributed by atoms with Crippen molar-refractivity contribution in [2.24, 2.45) is 0 Å². The van der Waals surface area contributed by atoms with E-state index in [-0.39, 0.29) is 6.61 Å². The average Bonchev–Trinajstić information content (AvgIpc) is 2.37. The highest BCUT2D eigenvalue weighted by atomic mass is 16.5. The van der Waals surface area contributed by atoms with Crippen molar-refractivity contribution in [2.75, 3.05) is 26.4 Å². The molecule has 1 rings (SSSR count). The van der Waals surface area contributed by atoms with E-state index in [9.17, 15) is 5.11 Å². The number of benzene rings is 1. The van der Waals surface area contributed by atoms with Crippen LogP contribution in [0.4, 0.5) is 0 Å². The minimum atomic E-state index is 0.0519. The zero-order chi connectivity index (χ0) is 13.5. The summed E-state index contributed by atoms with van der Waals surface area (Å²) < 4.78 is 10.8. The molecule has 1 aromatic carbocycles. The third kappa shape index (κ3) is 3.89. The van der Waals surface area contributed by atoms with E-state index in [4.69, 9.17) is 14.6 Å². The van der Waals surface area contributed by atoms with Gasteiger partial charge in [0, 0.05) is 13.0 Å². The summed E-state index contributed by atoms with van der Waals surface area (Å²) >= 11 is 0. The molecular formula is C14H22O4. The van der Waals surface area contributed by atoms with E-state index >= 15 is 0 Å². The lowest BCUT2D eigenvalue weighted by Crippen LogP contribution is -2.06. The first-order valence-electron chi connectivity index (χ1n) is 6.19. The topological polar surface area (TPSA) is 58.9 Å². The molecule has 0 aliphatic carbocycles. The second-order valence-corrected chi connectivity index (χ2v) is 4.33. The van der Waals surface area contributed by atoms with Crippen molar-refractivity contribution in [3.05, 3.63) is 22.8 Å². The molecule has 0 aliphatic heterocycles. The molecule has 0 radical (unpaired) electrons. The fraction of sp³-hybridized carbons (Fsp3) is 0.571. The van der Waals surface area contributed by atoms with Gasteiger partial charge in [-0.2, -0.15) is 0 Å². The summed E-state index contributed by atoms with van der Waals surface area (Å²) in [6.07, 6.45) is 0.776. The Kier molecular flexibility index (Phi) is 5.95. The van der Waals surface area contributed by atoms with Crippen molar-refractivity contribution >= 4 is 0 Å². The number of aliphatic hydroxyl groups excluding tert-OH is 1. The van der Waals surface area contributed by atoms with Gasteiger partial charge in [0.05, 0.1) is 19.8 Å². The molecule has 0 bridgehead atoms. The molecule has 0 heterocycles. The summed E-state index contributed by atoms with van der Waals surface area (Å²) in [6, 6.07) is 1.85. The van der Waals surface area contributed by atoms with E-state index in [1.807, 2.05) is 26.8 Å². The maximum absolute atomic E-state index is 9.78. The van der Waals surface area contributed by atoms with Crippen LogP contribution in [-0.2, 0) is 4.74 Å². The Morgan fingerprint density at radius 1 is 1.06 bits per heavy atom. The van der Waals surface area contributed by atoms with Gasteiger partial charge in [-0.05, 0) is 43.5 Å². The first kappa shape index (κ1) is 14.8. The van der Waals surface area contributed by atoms with Gasteiger partial charge in [0.1, 0.15) is 11.5 Å². The quantitative estimate of drug-likeness (QED) is 0.732. The largest absolute Gasteiger partial charge is 0.507 e. The standard InChI is InChI=1S/C14H22O4/c1-10-9-13(11(2)12(3)14(10)16)18-7-4-6-17-8-5-15/h9,15-16H,4-8H2,1-3H3. The Morgan fingerprint density at radius 2 is 1.78 bits per heavy atom. The van der Waals surface area contributed by atoms with Gasteiger partial charge < -0.3 is 19.7 Å². The molecule has 0 spiro atoms. The molecular weight excluding hydrogens is 232 g/mol. The van der Waals surface area contributed by atoms with Gasteiger partial charge in [0.2, 0.25) is 0 Å². The number of phenolic OH excluding ortho intramolecular Hbond substituents is 1. The summed E-state index contributed by atoms with van der Waals surface area (Å²) in [5.74, 6) is 1.15. The van der Waals surface area contributed by atoms with Crippen LogP contribution >= 0.6 is 0 Å². The second kappa shape index (κ2) is 7.24. The number of hydrogen-bond donors (Lipinski definition) is 2. The predicted octanol–water partition coefficient (Wildman–Crippen LogP) is 2.10. The molecule has 4 heteroatoms. The summed E-state index contributed by atoms with van der Waals surface area (Å²) in [4.78, 5) is 0. The van der Waals surface area contributed by atoms with Crippen LogP contribution in [0.3, 0.4) is 0 Å². The highest BCUT2D eigenvalue weighted by Crippen LogP contribution is 2.31.